The van der Waals surface area contributed by atoms with Gasteiger partial charge in [-0.15, -0.1) is 0 Å². The van der Waals surface area contributed by atoms with Crippen molar-refractivity contribution in [3.8, 4) is 0 Å². The molecular weight excluding hydrogens is 218 g/mol. The smallest absolute Gasteiger partial charge is 0.236 e. The average Bonchev–Trinajstić information content (AvgIpc) is 2.27. The van der Waals surface area contributed by atoms with Crippen molar-refractivity contribution in [3.05, 3.63) is 0 Å². The minimum absolute atomic E-state index is 0.117. The van der Waals surface area contributed by atoms with E-state index in [0.29, 0.717) is 6.54 Å². The number of piperazine rings is 1. The minimum atomic E-state index is -0.484. The summed E-state index contributed by atoms with van der Waals surface area (Å²) in [5.74, 6) is 0.117. The Balaban J connectivity index is 2.35. The van der Waals surface area contributed by atoms with Crippen molar-refractivity contribution in [3.63, 3.8) is 0 Å². The number of rotatable bonds is 4. The van der Waals surface area contributed by atoms with E-state index in [-0.39, 0.29) is 5.91 Å². The predicted octanol–water partition coefficient (Wildman–Crippen LogP) is -0.491. The molecule has 0 aliphatic carbocycles. The molecule has 17 heavy (non-hydrogen) atoms. The predicted molar refractivity (Wildman–Crippen MR) is 67.8 cm³/mol. The van der Waals surface area contributed by atoms with E-state index in [9.17, 15) is 9.90 Å². The lowest BCUT2D eigenvalue weighted by Crippen LogP contribution is -2.54. The summed E-state index contributed by atoms with van der Waals surface area (Å²) in [6, 6.07) is 0. The van der Waals surface area contributed by atoms with Gasteiger partial charge in [0.2, 0.25) is 5.91 Å². The van der Waals surface area contributed by atoms with Crippen LogP contribution in [0.4, 0.5) is 0 Å². The van der Waals surface area contributed by atoms with E-state index in [1.807, 2.05) is 18.7 Å². The molecule has 1 fully saturated rings. The summed E-state index contributed by atoms with van der Waals surface area (Å²) in [5, 5.41) is 12.7. The molecule has 0 saturated carbocycles. The molecule has 1 aliphatic rings. The fraction of sp³-hybridized carbons (Fsp3) is 0.917. The summed E-state index contributed by atoms with van der Waals surface area (Å²) >= 11 is 0. The lowest BCUT2D eigenvalue weighted by atomic mass is 9.99. The lowest BCUT2D eigenvalue weighted by molar-refractivity contribution is -0.132. The van der Waals surface area contributed by atoms with Crippen LogP contribution in [0.25, 0.3) is 0 Å². The lowest BCUT2D eigenvalue weighted by Gasteiger charge is -2.34. The molecule has 1 atom stereocenters. The zero-order chi connectivity index (χ0) is 13.1. The first kappa shape index (κ1) is 14.4. The molecule has 2 N–H and O–H groups in total. The first-order valence-electron chi connectivity index (χ1n) is 6.22. The molecule has 0 aromatic rings. The van der Waals surface area contributed by atoms with Crippen LogP contribution >= 0.6 is 0 Å². The number of aliphatic hydroxyl groups excluding tert-OH is 1. The first-order chi connectivity index (χ1) is 7.83. The Bertz CT molecular complexity index is 258. The van der Waals surface area contributed by atoms with Crippen molar-refractivity contribution in [2.45, 2.75) is 32.4 Å². The summed E-state index contributed by atoms with van der Waals surface area (Å²) in [6.45, 7) is 9.29. The standard InChI is InChI=1S/C12H25N3O2/c1-10(16)12(2,3)13-9-11(17)15-7-5-14(4)6-8-15/h10,13,16H,5-9H2,1-4H3. The van der Waals surface area contributed by atoms with Gasteiger partial charge in [-0.2, -0.15) is 0 Å². The van der Waals surface area contributed by atoms with Crippen LogP contribution in [0.15, 0.2) is 0 Å². The molecule has 0 aromatic carbocycles. The molecule has 1 amide bonds. The number of nitrogens with zero attached hydrogens (tertiary/aromatic N) is 2. The van der Waals surface area contributed by atoms with Gasteiger partial charge in [-0.3, -0.25) is 4.79 Å². The SMILES string of the molecule is CC(O)C(C)(C)NCC(=O)N1CCN(C)CC1. The van der Waals surface area contributed by atoms with E-state index in [0.717, 1.165) is 26.2 Å². The Morgan fingerprint density at radius 2 is 1.88 bits per heavy atom. The maximum absolute atomic E-state index is 11.9. The Morgan fingerprint density at radius 3 is 2.35 bits per heavy atom. The van der Waals surface area contributed by atoms with Gasteiger partial charge < -0.3 is 20.2 Å². The second kappa shape index (κ2) is 5.80. The molecule has 0 bridgehead atoms. The maximum Gasteiger partial charge on any atom is 0.236 e. The highest BCUT2D eigenvalue weighted by atomic mass is 16.3. The molecule has 0 spiro atoms. The van der Waals surface area contributed by atoms with E-state index in [4.69, 9.17) is 0 Å². The minimum Gasteiger partial charge on any atom is -0.392 e. The van der Waals surface area contributed by atoms with Crippen LogP contribution in [0.3, 0.4) is 0 Å². The van der Waals surface area contributed by atoms with Gasteiger partial charge in [0.25, 0.3) is 0 Å². The van der Waals surface area contributed by atoms with Crippen molar-refractivity contribution in [2.24, 2.45) is 0 Å². The summed E-state index contributed by atoms with van der Waals surface area (Å²) in [6.07, 6.45) is -0.484. The fourth-order valence-corrected chi connectivity index (χ4v) is 1.62. The van der Waals surface area contributed by atoms with Gasteiger partial charge in [0.1, 0.15) is 0 Å². The van der Waals surface area contributed by atoms with E-state index in [1.54, 1.807) is 6.92 Å². The third-order valence-corrected chi connectivity index (χ3v) is 3.60. The zero-order valence-electron chi connectivity index (χ0n) is 11.4. The summed E-state index contributed by atoms with van der Waals surface area (Å²) < 4.78 is 0. The topological polar surface area (TPSA) is 55.8 Å². The summed E-state index contributed by atoms with van der Waals surface area (Å²) in [4.78, 5) is 16.0. The van der Waals surface area contributed by atoms with Gasteiger partial charge in [-0.25, -0.2) is 0 Å². The van der Waals surface area contributed by atoms with Gasteiger partial charge in [-0.1, -0.05) is 0 Å². The molecule has 1 unspecified atom stereocenters. The molecule has 1 saturated heterocycles. The van der Waals surface area contributed by atoms with E-state index in [1.165, 1.54) is 0 Å². The van der Waals surface area contributed by atoms with Crippen LogP contribution in [-0.4, -0.2) is 72.2 Å². The third kappa shape index (κ3) is 4.26. The van der Waals surface area contributed by atoms with Crippen LogP contribution in [0.2, 0.25) is 0 Å². The van der Waals surface area contributed by atoms with Gasteiger partial charge in [0, 0.05) is 31.7 Å². The zero-order valence-corrected chi connectivity index (χ0v) is 11.4. The molecule has 5 nitrogen and oxygen atoms in total. The highest BCUT2D eigenvalue weighted by Gasteiger charge is 2.26. The van der Waals surface area contributed by atoms with Crippen LogP contribution < -0.4 is 5.32 Å². The number of hydrogen-bond acceptors (Lipinski definition) is 4. The quantitative estimate of drug-likeness (QED) is 0.699. The van der Waals surface area contributed by atoms with Crippen molar-refractivity contribution >= 4 is 5.91 Å². The first-order valence-corrected chi connectivity index (χ1v) is 6.22. The number of nitrogens with one attached hydrogen (secondary N) is 1. The normalized spacial score (nSPS) is 20.4. The number of carbonyl (C=O) groups excluding carboxylic acids is 1. The third-order valence-electron chi connectivity index (χ3n) is 3.60. The number of hydrogen-bond donors (Lipinski definition) is 2. The largest absolute Gasteiger partial charge is 0.392 e. The molecule has 0 aromatic heterocycles. The van der Waals surface area contributed by atoms with Gasteiger partial charge >= 0.3 is 0 Å². The molecule has 5 heteroatoms. The van der Waals surface area contributed by atoms with Crippen LogP contribution in [0.1, 0.15) is 20.8 Å². The molecule has 1 aliphatic heterocycles. The maximum atomic E-state index is 11.9. The molecule has 1 heterocycles. The molecular formula is C12H25N3O2. The Labute approximate surface area is 104 Å². The monoisotopic (exact) mass is 243 g/mol. The van der Waals surface area contributed by atoms with E-state index < -0.39 is 11.6 Å². The fourth-order valence-electron chi connectivity index (χ4n) is 1.62. The van der Waals surface area contributed by atoms with Crippen molar-refractivity contribution < 1.29 is 9.90 Å². The average molecular weight is 243 g/mol. The van der Waals surface area contributed by atoms with E-state index >= 15 is 0 Å². The Hall–Kier alpha value is -0.650. The highest BCUT2D eigenvalue weighted by molar-refractivity contribution is 5.78. The summed E-state index contributed by atoms with van der Waals surface area (Å²) in [7, 11) is 2.07. The van der Waals surface area contributed by atoms with Gasteiger partial charge in [0.15, 0.2) is 0 Å². The highest BCUT2D eigenvalue weighted by Crippen LogP contribution is 2.08. The van der Waals surface area contributed by atoms with Crippen LogP contribution in [0.5, 0.6) is 0 Å². The number of likely N-dealkylation sites (N-methyl/N-ethyl adjacent to an activating group) is 1. The number of amides is 1. The van der Waals surface area contributed by atoms with Crippen molar-refractivity contribution in [1.29, 1.82) is 0 Å². The van der Waals surface area contributed by atoms with Gasteiger partial charge in [0.05, 0.1) is 12.6 Å². The second-order valence-corrected chi connectivity index (χ2v) is 5.44. The van der Waals surface area contributed by atoms with Gasteiger partial charge in [-0.05, 0) is 27.8 Å². The number of carbonyl (C=O) groups is 1. The Morgan fingerprint density at radius 1 is 1.35 bits per heavy atom. The molecule has 100 valence electrons. The number of aliphatic hydroxyl groups is 1. The van der Waals surface area contributed by atoms with Crippen molar-refractivity contribution in [1.82, 2.24) is 15.1 Å². The Kier molecular flexibility index (Phi) is 4.91. The van der Waals surface area contributed by atoms with E-state index in [2.05, 4.69) is 17.3 Å². The van der Waals surface area contributed by atoms with Crippen molar-refractivity contribution in [2.75, 3.05) is 39.8 Å². The second-order valence-electron chi connectivity index (χ2n) is 5.44. The molecule has 0 radical (unpaired) electrons. The van der Waals surface area contributed by atoms with Crippen LogP contribution in [0, 0.1) is 0 Å². The summed E-state index contributed by atoms with van der Waals surface area (Å²) in [5.41, 5.74) is -0.428. The molecule has 1 rings (SSSR count). The van der Waals surface area contributed by atoms with Crippen LogP contribution in [-0.2, 0) is 4.79 Å².